The molecular weight excluding hydrogens is 262 g/mol. The molecular formula is C14H23NO3S. The summed E-state index contributed by atoms with van der Waals surface area (Å²) in [6.07, 6.45) is 0. The second-order valence-electron chi connectivity index (χ2n) is 5.24. The first-order valence-electron chi connectivity index (χ1n) is 6.36. The number of benzene rings is 1. The molecule has 1 unspecified atom stereocenters. The minimum absolute atomic E-state index is 0.105. The predicted molar refractivity (Wildman–Crippen MR) is 77.1 cm³/mol. The molecule has 0 bridgehead atoms. The van der Waals surface area contributed by atoms with Crippen molar-refractivity contribution in [1.29, 1.82) is 0 Å². The summed E-state index contributed by atoms with van der Waals surface area (Å²) in [6, 6.07) is 3.31. The van der Waals surface area contributed by atoms with Crippen LogP contribution in [-0.2, 0) is 10.0 Å². The molecule has 0 aromatic heterocycles. The molecule has 0 amide bonds. The van der Waals surface area contributed by atoms with Gasteiger partial charge in [-0.05, 0) is 49.9 Å². The molecule has 0 heterocycles. The fourth-order valence-corrected chi connectivity index (χ4v) is 3.42. The first-order valence-corrected chi connectivity index (χ1v) is 7.85. The van der Waals surface area contributed by atoms with Crippen LogP contribution in [0.15, 0.2) is 17.0 Å². The molecule has 19 heavy (non-hydrogen) atoms. The summed E-state index contributed by atoms with van der Waals surface area (Å²) in [5.74, 6) is 0.947. The van der Waals surface area contributed by atoms with Crippen LogP contribution in [0.4, 0.5) is 0 Å². The fraction of sp³-hybridized carbons (Fsp3) is 0.571. The van der Waals surface area contributed by atoms with Crippen molar-refractivity contribution >= 4 is 10.0 Å². The van der Waals surface area contributed by atoms with Gasteiger partial charge in [0.15, 0.2) is 0 Å². The highest BCUT2D eigenvalue weighted by atomic mass is 32.2. The van der Waals surface area contributed by atoms with Crippen LogP contribution >= 0.6 is 0 Å². The van der Waals surface area contributed by atoms with Gasteiger partial charge in [-0.2, -0.15) is 0 Å². The number of nitrogens with one attached hydrogen (secondary N) is 1. The van der Waals surface area contributed by atoms with Crippen LogP contribution in [0.3, 0.4) is 0 Å². The van der Waals surface area contributed by atoms with Gasteiger partial charge in [0.25, 0.3) is 0 Å². The summed E-state index contributed by atoms with van der Waals surface area (Å²) < 4.78 is 32.6. The minimum Gasteiger partial charge on any atom is -0.496 e. The van der Waals surface area contributed by atoms with Gasteiger partial charge in [-0.15, -0.1) is 0 Å². The Morgan fingerprint density at radius 3 is 2.16 bits per heavy atom. The summed E-state index contributed by atoms with van der Waals surface area (Å²) >= 11 is 0. The van der Waals surface area contributed by atoms with Gasteiger partial charge in [0, 0.05) is 6.04 Å². The summed E-state index contributed by atoms with van der Waals surface area (Å²) in [6.45, 7) is 9.45. The second kappa shape index (κ2) is 5.92. The molecule has 1 N–H and O–H groups in total. The molecule has 1 aromatic rings. The Morgan fingerprint density at radius 1 is 1.11 bits per heavy atom. The van der Waals surface area contributed by atoms with Gasteiger partial charge >= 0.3 is 0 Å². The Kier molecular flexibility index (Phi) is 4.98. The normalized spacial score (nSPS) is 13.6. The standard InChI is InChI=1S/C14H23NO3S/c1-9(2)12(5)15-19(16,17)14-8-10(3)13(18-6)7-11(14)4/h7-9,12,15H,1-6H3. The van der Waals surface area contributed by atoms with E-state index in [1.54, 1.807) is 26.2 Å². The zero-order valence-electron chi connectivity index (χ0n) is 12.4. The van der Waals surface area contributed by atoms with Crippen LogP contribution in [0.1, 0.15) is 31.9 Å². The molecule has 0 spiro atoms. The molecule has 5 heteroatoms. The summed E-state index contributed by atoms with van der Waals surface area (Å²) in [5.41, 5.74) is 1.50. The number of rotatable bonds is 5. The number of methoxy groups -OCH3 is 1. The van der Waals surface area contributed by atoms with Gasteiger partial charge in [-0.25, -0.2) is 13.1 Å². The van der Waals surface area contributed by atoms with Gasteiger partial charge in [0.05, 0.1) is 12.0 Å². The third-order valence-electron chi connectivity index (χ3n) is 3.32. The maximum absolute atomic E-state index is 12.4. The van der Waals surface area contributed by atoms with E-state index in [0.29, 0.717) is 16.2 Å². The lowest BCUT2D eigenvalue weighted by atomic mass is 10.1. The Morgan fingerprint density at radius 2 is 1.68 bits per heavy atom. The van der Waals surface area contributed by atoms with Crippen molar-refractivity contribution < 1.29 is 13.2 Å². The van der Waals surface area contributed by atoms with E-state index in [9.17, 15) is 8.42 Å². The largest absolute Gasteiger partial charge is 0.496 e. The van der Waals surface area contributed by atoms with Gasteiger partial charge < -0.3 is 4.74 Å². The summed E-state index contributed by atoms with van der Waals surface area (Å²) in [7, 11) is -1.91. The van der Waals surface area contributed by atoms with Crippen LogP contribution in [0, 0.1) is 19.8 Å². The quantitative estimate of drug-likeness (QED) is 0.905. The van der Waals surface area contributed by atoms with E-state index in [4.69, 9.17) is 4.74 Å². The molecule has 0 radical (unpaired) electrons. The Balaban J connectivity index is 3.19. The van der Waals surface area contributed by atoms with Crippen molar-refractivity contribution in [3.63, 3.8) is 0 Å². The maximum atomic E-state index is 12.4. The Hall–Kier alpha value is -1.07. The molecule has 0 saturated heterocycles. The summed E-state index contributed by atoms with van der Waals surface area (Å²) in [4.78, 5) is 0.318. The molecule has 4 nitrogen and oxygen atoms in total. The first-order chi connectivity index (χ1) is 8.69. The molecule has 1 atom stereocenters. The van der Waals surface area contributed by atoms with E-state index in [-0.39, 0.29) is 12.0 Å². The number of hydrogen-bond acceptors (Lipinski definition) is 3. The first kappa shape index (κ1) is 16.0. The van der Waals surface area contributed by atoms with E-state index < -0.39 is 10.0 Å². The van der Waals surface area contributed by atoms with Crippen molar-refractivity contribution in [3.8, 4) is 5.75 Å². The number of ether oxygens (including phenoxy) is 1. The van der Waals surface area contributed by atoms with Crippen molar-refractivity contribution in [2.45, 2.75) is 45.6 Å². The average Bonchev–Trinajstić information content (AvgIpc) is 2.30. The monoisotopic (exact) mass is 285 g/mol. The molecule has 108 valence electrons. The number of aryl methyl sites for hydroxylation is 2. The zero-order valence-corrected chi connectivity index (χ0v) is 13.3. The number of sulfonamides is 1. The maximum Gasteiger partial charge on any atom is 0.241 e. The van der Waals surface area contributed by atoms with Crippen LogP contribution in [-0.4, -0.2) is 21.6 Å². The van der Waals surface area contributed by atoms with Gasteiger partial charge in [0.1, 0.15) is 5.75 Å². The van der Waals surface area contributed by atoms with E-state index in [1.165, 1.54) is 0 Å². The van der Waals surface area contributed by atoms with E-state index in [2.05, 4.69) is 4.72 Å². The van der Waals surface area contributed by atoms with Gasteiger partial charge in [-0.1, -0.05) is 13.8 Å². The fourth-order valence-electron chi connectivity index (χ4n) is 1.72. The molecule has 1 rings (SSSR count). The highest BCUT2D eigenvalue weighted by molar-refractivity contribution is 7.89. The topological polar surface area (TPSA) is 55.4 Å². The molecule has 0 fully saturated rings. The molecule has 1 aromatic carbocycles. The van der Waals surface area contributed by atoms with Crippen molar-refractivity contribution in [2.75, 3.05) is 7.11 Å². The SMILES string of the molecule is COc1cc(C)c(S(=O)(=O)NC(C)C(C)C)cc1C. The van der Waals surface area contributed by atoms with Crippen LogP contribution in [0.2, 0.25) is 0 Å². The molecule has 0 aliphatic rings. The van der Waals surface area contributed by atoms with Gasteiger partial charge in [-0.3, -0.25) is 0 Å². The van der Waals surface area contributed by atoms with E-state index >= 15 is 0 Å². The van der Waals surface area contributed by atoms with E-state index in [1.807, 2.05) is 27.7 Å². The Labute approximate surface area is 116 Å². The van der Waals surface area contributed by atoms with Gasteiger partial charge in [0.2, 0.25) is 10.0 Å². The minimum atomic E-state index is -3.49. The Bertz CT molecular complexity index is 550. The number of hydrogen-bond donors (Lipinski definition) is 1. The third-order valence-corrected chi connectivity index (χ3v) is 5.02. The lowest BCUT2D eigenvalue weighted by Crippen LogP contribution is -2.36. The lowest BCUT2D eigenvalue weighted by molar-refractivity contribution is 0.410. The smallest absolute Gasteiger partial charge is 0.241 e. The van der Waals surface area contributed by atoms with Crippen molar-refractivity contribution in [1.82, 2.24) is 4.72 Å². The van der Waals surface area contributed by atoms with Crippen molar-refractivity contribution in [2.24, 2.45) is 5.92 Å². The average molecular weight is 285 g/mol. The summed E-state index contributed by atoms with van der Waals surface area (Å²) in [5, 5.41) is 0. The van der Waals surface area contributed by atoms with Crippen LogP contribution in [0.5, 0.6) is 5.75 Å². The molecule has 0 aliphatic heterocycles. The lowest BCUT2D eigenvalue weighted by Gasteiger charge is -2.19. The zero-order chi connectivity index (χ0) is 14.8. The highest BCUT2D eigenvalue weighted by Crippen LogP contribution is 2.25. The predicted octanol–water partition coefficient (Wildman–Crippen LogP) is 2.63. The van der Waals surface area contributed by atoms with Crippen LogP contribution < -0.4 is 9.46 Å². The second-order valence-corrected chi connectivity index (χ2v) is 6.92. The van der Waals surface area contributed by atoms with Crippen molar-refractivity contribution in [3.05, 3.63) is 23.3 Å². The third kappa shape index (κ3) is 3.70. The molecule has 0 saturated carbocycles. The highest BCUT2D eigenvalue weighted by Gasteiger charge is 2.22. The van der Waals surface area contributed by atoms with Crippen LogP contribution in [0.25, 0.3) is 0 Å². The molecule has 0 aliphatic carbocycles. The van der Waals surface area contributed by atoms with E-state index in [0.717, 1.165) is 5.56 Å².